The molecule has 2 aromatic rings. The fourth-order valence-electron chi connectivity index (χ4n) is 2.02. The Morgan fingerprint density at radius 2 is 1.92 bits per heavy atom. The number of Topliss-reactive ketones (excluding diaryl/α,β-unsaturated/α-hetero) is 1. The van der Waals surface area contributed by atoms with Crippen LogP contribution in [0.4, 0.5) is 10.1 Å². The number of nitrogens with zero attached hydrogens (tertiary/aromatic N) is 1. The normalized spacial score (nSPS) is 12.2. The second-order valence-electron chi connectivity index (χ2n) is 4.95. The lowest BCUT2D eigenvalue weighted by Crippen LogP contribution is -2.28. The van der Waals surface area contributed by atoms with Crippen LogP contribution in [0.1, 0.15) is 17.3 Å². The number of ketones is 1. The van der Waals surface area contributed by atoms with Crippen molar-refractivity contribution >= 4 is 46.9 Å². The standard InChI is InChI=1S/C18H14Cl2FNO3/c1-2-25-18(24)13(17(23)12-5-3-4-6-14(12)19)10-22-11-7-8-16(21)15(20)9-11/h3-10,13H,2H2,1H3. The maximum atomic E-state index is 13.2. The Morgan fingerprint density at radius 3 is 2.56 bits per heavy atom. The summed E-state index contributed by atoms with van der Waals surface area (Å²) in [7, 11) is 0. The molecule has 0 N–H and O–H groups in total. The molecule has 2 aromatic carbocycles. The maximum Gasteiger partial charge on any atom is 0.322 e. The molecule has 0 bridgehead atoms. The van der Waals surface area contributed by atoms with Crippen molar-refractivity contribution in [2.45, 2.75) is 6.92 Å². The van der Waals surface area contributed by atoms with Crippen LogP contribution in [0.5, 0.6) is 0 Å². The van der Waals surface area contributed by atoms with Crippen molar-refractivity contribution in [3.63, 3.8) is 0 Å². The molecule has 2 rings (SSSR count). The number of esters is 1. The van der Waals surface area contributed by atoms with Gasteiger partial charge >= 0.3 is 5.97 Å². The minimum atomic E-state index is -1.27. The first-order valence-corrected chi connectivity index (χ1v) is 8.14. The number of benzene rings is 2. The lowest BCUT2D eigenvalue weighted by molar-refractivity contribution is -0.143. The number of ether oxygens (including phenoxy) is 1. The zero-order valence-corrected chi connectivity index (χ0v) is 14.7. The van der Waals surface area contributed by atoms with Gasteiger partial charge in [0.2, 0.25) is 0 Å². The molecule has 0 saturated heterocycles. The van der Waals surface area contributed by atoms with Gasteiger partial charge in [0.25, 0.3) is 0 Å². The molecule has 0 radical (unpaired) electrons. The Bertz CT molecular complexity index is 824. The summed E-state index contributed by atoms with van der Waals surface area (Å²) in [6.45, 7) is 1.74. The van der Waals surface area contributed by atoms with Crippen molar-refractivity contribution in [3.8, 4) is 0 Å². The first-order chi connectivity index (χ1) is 11.9. The predicted molar refractivity (Wildman–Crippen MR) is 95.5 cm³/mol. The van der Waals surface area contributed by atoms with Gasteiger partial charge in [-0.05, 0) is 37.3 Å². The Hall–Kier alpha value is -2.24. The van der Waals surface area contributed by atoms with E-state index in [0.717, 1.165) is 12.3 Å². The Labute approximate surface area is 154 Å². The van der Waals surface area contributed by atoms with E-state index < -0.39 is 23.5 Å². The van der Waals surface area contributed by atoms with Gasteiger partial charge in [-0.2, -0.15) is 0 Å². The molecule has 0 spiro atoms. The highest BCUT2D eigenvalue weighted by molar-refractivity contribution is 6.35. The van der Waals surface area contributed by atoms with Crippen LogP contribution in [0, 0.1) is 11.7 Å². The van der Waals surface area contributed by atoms with Crippen LogP contribution in [-0.2, 0) is 9.53 Å². The summed E-state index contributed by atoms with van der Waals surface area (Å²) in [4.78, 5) is 28.9. The van der Waals surface area contributed by atoms with E-state index in [1.54, 1.807) is 25.1 Å². The summed E-state index contributed by atoms with van der Waals surface area (Å²) >= 11 is 11.7. The lowest BCUT2D eigenvalue weighted by atomic mass is 9.98. The average molecular weight is 382 g/mol. The van der Waals surface area contributed by atoms with Gasteiger partial charge in [0.15, 0.2) is 11.7 Å². The third-order valence-corrected chi connectivity index (χ3v) is 3.86. The fourth-order valence-corrected chi connectivity index (χ4v) is 2.43. The molecule has 0 aliphatic heterocycles. The van der Waals surface area contributed by atoms with E-state index in [1.807, 2.05) is 0 Å². The number of aliphatic imine (C=N–C) groups is 1. The first kappa shape index (κ1) is 19.1. The minimum Gasteiger partial charge on any atom is -0.465 e. The molecule has 1 unspecified atom stereocenters. The molecule has 25 heavy (non-hydrogen) atoms. The van der Waals surface area contributed by atoms with Gasteiger partial charge < -0.3 is 4.74 Å². The monoisotopic (exact) mass is 381 g/mol. The summed E-state index contributed by atoms with van der Waals surface area (Å²) in [5, 5.41) is 0.111. The summed E-state index contributed by atoms with van der Waals surface area (Å²) < 4.78 is 18.1. The first-order valence-electron chi connectivity index (χ1n) is 7.38. The quantitative estimate of drug-likeness (QED) is 0.309. The van der Waals surface area contributed by atoms with E-state index in [4.69, 9.17) is 27.9 Å². The third kappa shape index (κ3) is 4.87. The molecule has 0 saturated carbocycles. The van der Waals surface area contributed by atoms with Crippen LogP contribution in [0.2, 0.25) is 10.0 Å². The van der Waals surface area contributed by atoms with Gasteiger partial charge in [-0.15, -0.1) is 0 Å². The number of carbonyl (C=O) groups is 2. The van der Waals surface area contributed by atoms with Crippen LogP contribution < -0.4 is 0 Å². The highest BCUT2D eigenvalue weighted by atomic mass is 35.5. The Morgan fingerprint density at radius 1 is 1.20 bits per heavy atom. The van der Waals surface area contributed by atoms with E-state index in [0.29, 0.717) is 5.69 Å². The second kappa shape index (κ2) is 8.74. The van der Waals surface area contributed by atoms with Gasteiger partial charge in [0, 0.05) is 11.8 Å². The van der Waals surface area contributed by atoms with Crippen LogP contribution in [0.15, 0.2) is 47.5 Å². The van der Waals surface area contributed by atoms with E-state index in [2.05, 4.69) is 4.99 Å². The van der Waals surface area contributed by atoms with E-state index in [-0.39, 0.29) is 22.2 Å². The Kier molecular flexibility index (Phi) is 6.67. The highest BCUT2D eigenvalue weighted by Gasteiger charge is 2.28. The highest BCUT2D eigenvalue weighted by Crippen LogP contribution is 2.23. The molecule has 4 nitrogen and oxygen atoms in total. The molecular formula is C18H14Cl2FNO3. The molecular weight excluding hydrogens is 368 g/mol. The predicted octanol–water partition coefficient (Wildman–Crippen LogP) is 4.90. The second-order valence-corrected chi connectivity index (χ2v) is 5.76. The molecule has 0 aliphatic carbocycles. The van der Waals surface area contributed by atoms with Crippen molar-refractivity contribution in [3.05, 3.63) is 63.9 Å². The summed E-state index contributed by atoms with van der Waals surface area (Å²) in [6, 6.07) is 10.2. The van der Waals surface area contributed by atoms with Crippen LogP contribution >= 0.6 is 23.2 Å². The SMILES string of the molecule is CCOC(=O)C(C=Nc1ccc(F)c(Cl)c1)C(=O)c1ccccc1Cl. The van der Waals surface area contributed by atoms with Gasteiger partial charge in [-0.3, -0.25) is 14.6 Å². The average Bonchev–Trinajstić information content (AvgIpc) is 2.58. The van der Waals surface area contributed by atoms with E-state index in [9.17, 15) is 14.0 Å². The summed E-state index contributed by atoms with van der Waals surface area (Å²) in [6.07, 6.45) is 1.15. The zero-order chi connectivity index (χ0) is 18.4. The molecule has 7 heteroatoms. The minimum absolute atomic E-state index is 0.111. The van der Waals surface area contributed by atoms with Crippen LogP contribution in [-0.4, -0.2) is 24.6 Å². The summed E-state index contributed by atoms with van der Waals surface area (Å²) in [5.74, 6) is -3.15. The smallest absolute Gasteiger partial charge is 0.322 e. The van der Waals surface area contributed by atoms with Crippen molar-refractivity contribution in [1.82, 2.24) is 0 Å². The maximum absolute atomic E-state index is 13.2. The molecule has 0 heterocycles. The van der Waals surface area contributed by atoms with Gasteiger partial charge in [-0.25, -0.2) is 4.39 Å². The van der Waals surface area contributed by atoms with Crippen molar-refractivity contribution in [2.75, 3.05) is 6.61 Å². The Balaban J connectivity index is 2.34. The molecule has 0 amide bonds. The molecule has 130 valence electrons. The number of halogens is 3. The van der Waals surface area contributed by atoms with Crippen molar-refractivity contribution in [2.24, 2.45) is 10.9 Å². The largest absolute Gasteiger partial charge is 0.465 e. The molecule has 0 aromatic heterocycles. The molecule has 1 atom stereocenters. The van der Waals surface area contributed by atoms with Gasteiger partial charge in [0.05, 0.1) is 22.3 Å². The fraction of sp³-hybridized carbons (Fsp3) is 0.167. The van der Waals surface area contributed by atoms with E-state index in [1.165, 1.54) is 18.2 Å². The molecule has 0 aliphatic rings. The van der Waals surface area contributed by atoms with Gasteiger partial charge in [0.1, 0.15) is 5.82 Å². The number of rotatable bonds is 6. The topological polar surface area (TPSA) is 55.7 Å². The number of hydrogen-bond acceptors (Lipinski definition) is 4. The molecule has 0 fully saturated rings. The lowest BCUT2D eigenvalue weighted by Gasteiger charge is -2.11. The van der Waals surface area contributed by atoms with Crippen LogP contribution in [0.25, 0.3) is 0 Å². The summed E-state index contributed by atoms with van der Waals surface area (Å²) in [5.41, 5.74) is 0.485. The van der Waals surface area contributed by atoms with Crippen molar-refractivity contribution in [1.29, 1.82) is 0 Å². The number of carbonyl (C=O) groups excluding carboxylic acids is 2. The zero-order valence-electron chi connectivity index (χ0n) is 13.2. The third-order valence-electron chi connectivity index (χ3n) is 3.24. The van der Waals surface area contributed by atoms with Gasteiger partial charge in [-0.1, -0.05) is 35.3 Å². The van der Waals surface area contributed by atoms with Crippen molar-refractivity contribution < 1.29 is 18.7 Å². The van der Waals surface area contributed by atoms with Crippen LogP contribution in [0.3, 0.4) is 0 Å². The van der Waals surface area contributed by atoms with E-state index >= 15 is 0 Å². The number of hydrogen-bond donors (Lipinski definition) is 0.